The van der Waals surface area contributed by atoms with Crippen molar-refractivity contribution in [2.75, 3.05) is 0 Å². The van der Waals surface area contributed by atoms with E-state index >= 15 is 0 Å². The first kappa shape index (κ1) is 8.39. The maximum absolute atomic E-state index is 11.3. The molecule has 0 saturated carbocycles. The predicted octanol–water partition coefficient (Wildman–Crippen LogP) is 1.84. The van der Waals surface area contributed by atoms with Gasteiger partial charge in [-0.3, -0.25) is 4.79 Å². The van der Waals surface area contributed by atoms with Crippen LogP contribution >= 0.6 is 0 Å². The number of Topliss-reactive ketones (excluding diaryl/α,β-unsaturated/α-hetero) is 1. The summed E-state index contributed by atoms with van der Waals surface area (Å²) in [7, 11) is 0. The number of ketones is 1. The van der Waals surface area contributed by atoms with Gasteiger partial charge in [0.15, 0.2) is 5.76 Å². The lowest BCUT2D eigenvalue weighted by Crippen LogP contribution is -1.91. The predicted molar refractivity (Wildman–Crippen MR) is 50.7 cm³/mol. The van der Waals surface area contributed by atoms with Crippen LogP contribution in [0.1, 0.15) is 16.2 Å². The van der Waals surface area contributed by atoms with Crippen LogP contribution in [0, 0.1) is 11.8 Å². The molecule has 0 aliphatic heterocycles. The van der Waals surface area contributed by atoms with Crippen molar-refractivity contribution in [3.05, 3.63) is 48.2 Å². The minimum absolute atomic E-state index is 0.268. The number of hydrogen-bond acceptors (Lipinski definition) is 2. The van der Waals surface area contributed by atoms with E-state index < -0.39 is 0 Å². The van der Waals surface area contributed by atoms with Crippen LogP contribution in [0.2, 0.25) is 0 Å². The van der Waals surface area contributed by atoms with E-state index in [4.69, 9.17) is 4.42 Å². The van der Waals surface area contributed by atoms with Crippen LogP contribution < -0.4 is 0 Å². The summed E-state index contributed by atoms with van der Waals surface area (Å²) in [5.41, 5.74) is 0.713. The highest BCUT2D eigenvalue weighted by Gasteiger charge is 2.03. The summed E-state index contributed by atoms with van der Waals surface area (Å²) < 4.78 is 4.90. The van der Waals surface area contributed by atoms with Crippen molar-refractivity contribution in [1.82, 2.24) is 4.98 Å². The molecule has 0 fully saturated rings. The first-order valence-corrected chi connectivity index (χ1v) is 4.09. The molecule has 68 valence electrons. The van der Waals surface area contributed by atoms with Gasteiger partial charge in [-0.05, 0) is 36.1 Å². The molecule has 0 bridgehead atoms. The first-order valence-electron chi connectivity index (χ1n) is 4.09. The number of aromatic nitrogens is 1. The SMILES string of the molecule is O=C(C#Cc1ccc[nH]1)c1ccco1. The molecule has 0 unspecified atom stereocenters. The van der Waals surface area contributed by atoms with Crippen molar-refractivity contribution in [2.45, 2.75) is 0 Å². The van der Waals surface area contributed by atoms with E-state index in [1.165, 1.54) is 6.26 Å². The van der Waals surface area contributed by atoms with Gasteiger partial charge in [0.25, 0.3) is 5.78 Å². The second-order valence-corrected chi connectivity index (χ2v) is 2.64. The molecular weight excluding hydrogens is 178 g/mol. The largest absolute Gasteiger partial charge is 0.460 e. The zero-order valence-corrected chi connectivity index (χ0v) is 7.28. The number of furan rings is 1. The Kier molecular flexibility index (Phi) is 2.20. The fraction of sp³-hybridized carbons (Fsp3) is 0. The molecule has 1 N–H and O–H groups in total. The topological polar surface area (TPSA) is 46.0 Å². The van der Waals surface area contributed by atoms with Crippen molar-refractivity contribution in [3.63, 3.8) is 0 Å². The van der Waals surface area contributed by atoms with E-state index in [2.05, 4.69) is 16.8 Å². The van der Waals surface area contributed by atoms with E-state index in [0.29, 0.717) is 5.69 Å². The van der Waals surface area contributed by atoms with Crippen molar-refractivity contribution >= 4 is 5.78 Å². The summed E-state index contributed by atoms with van der Waals surface area (Å²) in [6, 6.07) is 6.86. The molecule has 0 aliphatic carbocycles. The molecule has 2 aromatic rings. The van der Waals surface area contributed by atoms with Gasteiger partial charge in [-0.25, -0.2) is 0 Å². The van der Waals surface area contributed by atoms with E-state index in [-0.39, 0.29) is 11.5 Å². The highest BCUT2D eigenvalue weighted by atomic mass is 16.3. The summed E-state index contributed by atoms with van der Waals surface area (Å²) in [5.74, 6) is 5.12. The molecule has 2 rings (SSSR count). The van der Waals surface area contributed by atoms with Crippen LogP contribution in [0.4, 0.5) is 0 Å². The van der Waals surface area contributed by atoms with E-state index in [1.807, 2.05) is 6.07 Å². The Morgan fingerprint density at radius 1 is 1.36 bits per heavy atom. The van der Waals surface area contributed by atoms with Crippen molar-refractivity contribution in [2.24, 2.45) is 0 Å². The maximum Gasteiger partial charge on any atom is 0.271 e. The van der Waals surface area contributed by atoms with E-state index in [9.17, 15) is 4.79 Å². The smallest absolute Gasteiger partial charge is 0.271 e. The van der Waals surface area contributed by atoms with Crippen LogP contribution in [-0.4, -0.2) is 10.8 Å². The second-order valence-electron chi connectivity index (χ2n) is 2.64. The Hall–Kier alpha value is -2.21. The molecular formula is C11H7NO2. The van der Waals surface area contributed by atoms with Gasteiger partial charge in [-0.15, -0.1) is 0 Å². The van der Waals surface area contributed by atoms with Crippen LogP contribution in [0.15, 0.2) is 41.1 Å². The number of hydrogen-bond donors (Lipinski definition) is 1. The van der Waals surface area contributed by atoms with Gasteiger partial charge in [-0.1, -0.05) is 0 Å². The number of rotatable bonds is 1. The van der Waals surface area contributed by atoms with Crippen LogP contribution in [0.3, 0.4) is 0 Å². The Morgan fingerprint density at radius 2 is 2.29 bits per heavy atom. The number of carbonyl (C=O) groups is 1. The summed E-state index contributed by atoms with van der Waals surface area (Å²) in [6.45, 7) is 0. The van der Waals surface area contributed by atoms with Gasteiger partial charge in [-0.2, -0.15) is 0 Å². The lowest BCUT2D eigenvalue weighted by molar-refractivity contribution is 0.103. The lowest BCUT2D eigenvalue weighted by Gasteiger charge is -1.82. The summed E-state index contributed by atoms with van der Waals surface area (Å²) in [4.78, 5) is 14.2. The third kappa shape index (κ3) is 1.75. The van der Waals surface area contributed by atoms with Crippen molar-refractivity contribution < 1.29 is 9.21 Å². The highest BCUT2D eigenvalue weighted by molar-refractivity contribution is 6.07. The van der Waals surface area contributed by atoms with E-state index in [1.54, 1.807) is 24.4 Å². The van der Waals surface area contributed by atoms with Gasteiger partial charge >= 0.3 is 0 Å². The molecule has 2 heterocycles. The Morgan fingerprint density at radius 3 is 2.93 bits per heavy atom. The van der Waals surface area contributed by atoms with Gasteiger partial charge in [0.05, 0.1) is 12.0 Å². The number of nitrogens with one attached hydrogen (secondary N) is 1. The third-order valence-corrected chi connectivity index (χ3v) is 1.65. The van der Waals surface area contributed by atoms with Crippen molar-refractivity contribution in [1.29, 1.82) is 0 Å². The Bertz CT molecular complexity index is 469. The third-order valence-electron chi connectivity index (χ3n) is 1.65. The molecule has 3 heteroatoms. The molecule has 2 aromatic heterocycles. The number of H-pyrrole nitrogens is 1. The molecule has 0 atom stereocenters. The molecule has 0 spiro atoms. The fourth-order valence-electron chi connectivity index (χ4n) is 1.00. The Labute approximate surface area is 80.7 Å². The highest BCUT2D eigenvalue weighted by Crippen LogP contribution is 2.00. The average molecular weight is 185 g/mol. The summed E-state index contributed by atoms with van der Waals surface area (Å²) in [5, 5.41) is 0. The van der Waals surface area contributed by atoms with Gasteiger partial charge in [0.1, 0.15) is 0 Å². The molecule has 0 aromatic carbocycles. The molecule has 0 saturated heterocycles. The molecule has 0 radical (unpaired) electrons. The zero-order valence-electron chi connectivity index (χ0n) is 7.28. The number of aromatic amines is 1. The maximum atomic E-state index is 11.3. The average Bonchev–Trinajstić information content (AvgIpc) is 2.87. The monoisotopic (exact) mass is 185 g/mol. The van der Waals surface area contributed by atoms with E-state index in [0.717, 1.165) is 0 Å². The lowest BCUT2D eigenvalue weighted by atomic mass is 10.3. The summed E-state index contributed by atoms with van der Waals surface area (Å²) in [6.07, 6.45) is 3.20. The van der Waals surface area contributed by atoms with Crippen LogP contribution in [0.5, 0.6) is 0 Å². The van der Waals surface area contributed by atoms with Gasteiger partial charge in [0, 0.05) is 6.20 Å². The molecule has 3 nitrogen and oxygen atoms in total. The Balaban J connectivity index is 2.16. The molecule has 0 amide bonds. The molecule has 14 heavy (non-hydrogen) atoms. The molecule has 0 aliphatic rings. The van der Waals surface area contributed by atoms with Crippen LogP contribution in [0.25, 0.3) is 0 Å². The normalized spacial score (nSPS) is 9.14. The second kappa shape index (κ2) is 3.67. The minimum Gasteiger partial charge on any atom is -0.460 e. The van der Waals surface area contributed by atoms with Gasteiger partial charge in [0.2, 0.25) is 0 Å². The van der Waals surface area contributed by atoms with Gasteiger partial charge < -0.3 is 9.40 Å². The fourth-order valence-corrected chi connectivity index (χ4v) is 1.00. The quantitative estimate of drug-likeness (QED) is 0.544. The standard InChI is InChI=1S/C11H7NO2/c13-10(11-4-2-8-14-11)6-5-9-3-1-7-12-9/h1-4,7-8,12H. The van der Waals surface area contributed by atoms with Crippen molar-refractivity contribution in [3.8, 4) is 11.8 Å². The summed E-state index contributed by atoms with van der Waals surface area (Å²) >= 11 is 0. The zero-order chi connectivity index (χ0) is 9.80. The van der Waals surface area contributed by atoms with Crippen LogP contribution in [-0.2, 0) is 0 Å². The number of carbonyl (C=O) groups excluding carboxylic acids is 1. The minimum atomic E-state index is -0.315. The first-order chi connectivity index (χ1) is 6.86.